The number of sulfone groups is 1. The molecule has 0 aromatic carbocycles. The first kappa shape index (κ1) is 13.1. The van der Waals surface area contributed by atoms with Crippen molar-refractivity contribution in [2.24, 2.45) is 5.92 Å². The van der Waals surface area contributed by atoms with Crippen LogP contribution in [0.15, 0.2) is 11.6 Å². The third-order valence-electron chi connectivity index (χ3n) is 3.64. The van der Waals surface area contributed by atoms with Crippen LogP contribution in [0.3, 0.4) is 0 Å². The fourth-order valence-electron chi connectivity index (χ4n) is 2.47. The van der Waals surface area contributed by atoms with Crippen LogP contribution in [0.1, 0.15) is 24.3 Å². The Morgan fingerprint density at radius 3 is 2.74 bits per heavy atom. The minimum absolute atomic E-state index is 0.00113. The predicted molar refractivity (Wildman–Crippen MR) is 72.4 cm³/mol. The van der Waals surface area contributed by atoms with E-state index in [-0.39, 0.29) is 23.3 Å². The van der Waals surface area contributed by atoms with Crippen LogP contribution in [0.2, 0.25) is 0 Å². The summed E-state index contributed by atoms with van der Waals surface area (Å²) in [5.41, 5.74) is 0. The van der Waals surface area contributed by atoms with Crippen LogP contribution in [0.5, 0.6) is 0 Å². The second-order valence-electron chi connectivity index (χ2n) is 5.22. The van der Waals surface area contributed by atoms with Gasteiger partial charge in [-0.25, -0.2) is 13.4 Å². The maximum atomic E-state index is 12.5. The van der Waals surface area contributed by atoms with Gasteiger partial charge < -0.3 is 4.90 Å². The molecule has 104 valence electrons. The summed E-state index contributed by atoms with van der Waals surface area (Å²) in [6, 6.07) is 0.291. The van der Waals surface area contributed by atoms with Crippen molar-refractivity contribution in [3.8, 4) is 0 Å². The molecule has 2 aliphatic rings. The van der Waals surface area contributed by atoms with Gasteiger partial charge in [0.2, 0.25) is 5.91 Å². The number of aromatic nitrogens is 1. The second-order valence-corrected chi connectivity index (χ2v) is 8.43. The third kappa shape index (κ3) is 2.97. The van der Waals surface area contributed by atoms with Crippen molar-refractivity contribution in [3.05, 3.63) is 16.6 Å². The predicted octanol–water partition coefficient (Wildman–Crippen LogP) is 1.07. The molecule has 1 aromatic heterocycles. The maximum Gasteiger partial charge on any atom is 0.227 e. The van der Waals surface area contributed by atoms with Crippen LogP contribution in [0, 0.1) is 5.92 Å². The van der Waals surface area contributed by atoms with Gasteiger partial charge in [-0.3, -0.25) is 4.79 Å². The molecule has 0 radical (unpaired) electrons. The lowest BCUT2D eigenvalue weighted by Gasteiger charge is -2.24. The van der Waals surface area contributed by atoms with E-state index in [0.717, 1.165) is 17.8 Å². The molecule has 0 unspecified atom stereocenters. The summed E-state index contributed by atoms with van der Waals surface area (Å²) in [4.78, 5) is 18.5. The molecule has 1 atom stereocenters. The van der Waals surface area contributed by atoms with Gasteiger partial charge in [0.25, 0.3) is 0 Å². The first-order valence-corrected chi connectivity index (χ1v) is 9.14. The normalized spacial score (nSPS) is 25.4. The van der Waals surface area contributed by atoms with Crippen molar-refractivity contribution >= 4 is 27.1 Å². The van der Waals surface area contributed by atoms with Gasteiger partial charge in [-0.1, -0.05) is 0 Å². The van der Waals surface area contributed by atoms with Gasteiger partial charge in [-0.2, -0.15) is 0 Å². The lowest BCUT2D eigenvalue weighted by atomic mass is 10.1. The zero-order valence-electron chi connectivity index (χ0n) is 10.5. The summed E-state index contributed by atoms with van der Waals surface area (Å²) in [7, 11) is -3.00. The average molecular weight is 300 g/mol. The highest BCUT2D eigenvalue weighted by molar-refractivity contribution is 7.91. The monoisotopic (exact) mass is 300 g/mol. The first-order chi connectivity index (χ1) is 9.05. The fraction of sp³-hybridized carbons (Fsp3) is 0.667. The summed E-state index contributed by atoms with van der Waals surface area (Å²) in [5, 5.41) is 2.81. The van der Waals surface area contributed by atoms with Crippen LogP contribution in [-0.4, -0.2) is 41.8 Å². The van der Waals surface area contributed by atoms with E-state index >= 15 is 0 Å². The number of thiazole rings is 1. The SMILES string of the molecule is O=C([C@@H]1CCS(=O)(=O)C1)N(Cc1nccs1)C1CC1. The molecule has 0 bridgehead atoms. The van der Waals surface area contributed by atoms with Crippen LogP contribution in [0.25, 0.3) is 0 Å². The third-order valence-corrected chi connectivity index (χ3v) is 6.17. The van der Waals surface area contributed by atoms with E-state index < -0.39 is 9.84 Å². The number of rotatable bonds is 4. The Balaban J connectivity index is 1.72. The van der Waals surface area contributed by atoms with E-state index in [4.69, 9.17) is 0 Å². The molecule has 1 aliphatic carbocycles. The largest absolute Gasteiger partial charge is 0.333 e. The smallest absolute Gasteiger partial charge is 0.227 e. The summed E-state index contributed by atoms with van der Waals surface area (Å²) in [6.45, 7) is 0.526. The zero-order valence-corrected chi connectivity index (χ0v) is 12.1. The molecular weight excluding hydrogens is 284 g/mol. The van der Waals surface area contributed by atoms with Crippen molar-refractivity contribution in [2.45, 2.75) is 31.8 Å². The quantitative estimate of drug-likeness (QED) is 0.834. The molecule has 0 N–H and O–H groups in total. The molecule has 1 aromatic rings. The highest BCUT2D eigenvalue weighted by Gasteiger charge is 2.40. The Kier molecular flexibility index (Phi) is 3.34. The van der Waals surface area contributed by atoms with Gasteiger partial charge in [0, 0.05) is 17.6 Å². The molecule has 1 aliphatic heterocycles. The van der Waals surface area contributed by atoms with Crippen molar-refractivity contribution in [1.29, 1.82) is 0 Å². The maximum absolute atomic E-state index is 12.5. The Morgan fingerprint density at radius 1 is 1.42 bits per heavy atom. The highest BCUT2D eigenvalue weighted by atomic mass is 32.2. The second kappa shape index (κ2) is 4.86. The molecule has 2 heterocycles. The lowest BCUT2D eigenvalue weighted by molar-refractivity contribution is -0.136. The van der Waals surface area contributed by atoms with Crippen molar-refractivity contribution in [3.63, 3.8) is 0 Å². The van der Waals surface area contributed by atoms with Gasteiger partial charge in [0.15, 0.2) is 9.84 Å². The summed E-state index contributed by atoms with van der Waals surface area (Å²) in [5.74, 6) is -0.171. The molecule has 1 amide bonds. The van der Waals surface area contributed by atoms with Crippen LogP contribution >= 0.6 is 11.3 Å². The van der Waals surface area contributed by atoms with E-state index in [1.807, 2.05) is 10.3 Å². The molecule has 0 spiro atoms. The van der Waals surface area contributed by atoms with Gasteiger partial charge in [0.1, 0.15) is 5.01 Å². The molecule has 3 rings (SSSR count). The number of hydrogen-bond donors (Lipinski definition) is 0. The van der Waals surface area contributed by atoms with Crippen LogP contribution < -0.4 is 0 Å². The van der Waals surface area contributed by atoms with Gasteiger partial charge >= 0.3 is 0 Å². The lowest BCUT2D eigenvalue weighted by Crippen LogP contribution is -2.37. The highest BCUT2D eigenvalue weighted by Crippen LogP contribution is 2.32. The Bertz CT molecular complexity index is 564. The Morgan fingerprint density at radius 2 is 2.21 bits per heavy atom. The van der Waals surface area contributed by atoms with E-state index in [2.05, 4.69) is 4.98 Å². The minimum Gasteiger partial charge on any atom is -0.333 e. The fourth-order valence-corrected chi connectivity index (χ4v) is 4.82. The van der Waals surface area contributed by atoms with E-state index in [0.29, 0.717) is 19.0 Å². The van der Waals surface area contributed by atoms with Crippen molar-refractivity contribution < 1.29 is 13.2 Å². The molecule has 1 saturated heterocycles. The van der Waals surface area contributed by atoms with E-state index in [1.165, 1.54) is 11.3 Å². The van der Waals surface area contributed by atoms with Gasteiger partial charge in [0.05, 0.1) is 24.0 Å². The molecule has 7 heteroatoms. The average Bonchev–Trinajstić information content (AvgIpc) is 2.94. The number of nitrogens with zero attached hydrogens (tertiary/aromatic N) is 2. The Labute approximate surface area is 116 Å². The number of hydrogen-bond acceptors (Lipinski definition) is 5. The van der Waals surface area contributed by atoms with Crippen LogP contribution in [0.4, 0.5) is 0 Å². The topological polar surface area (TPSA) is 67.3 Å². The number of carbonyl (C=O) groups excluding carboxylic acids is 1. The number of carbonyl (C=O) groups is 1. The molecule has 19 heavy (non-hydrogen) atoms. The van der Waals surface area contributed by atoms with E-state index in [9.17, 15) is 13.2 Å². The van der Waals surface area contributed by atoms with Gasteiger partial charge in [-0.15, -0.1) is 11.3 Å². The first-order valence-electron chi connectivity index (χ1n) is 6.44. The molecule has 2 fully saturated rings. The zero-order chi connectivity index (χ0) is 13.5. The van der Waals surface area contributed by atoms with Crippen LogP contribution in [-0.2, 0) is 21.2 Å². The minimum atomic E-state index is -3.00. The Hall–Kier alpha value is -0.950. The summed E-state index contributed by atoms with van der Waals surface area (Å²) >= 11 is 1.53. The number of amides is 1. The van der Waals surface area contributed by atoms with Crippen molar-refractivity contribution in [2.75, 3.05) is 11.5 Å². The van der Waals surface area contributed by atoms with E-state index in [1.54, 1.807) is 6.20 Å². The molecule has 5 nitrogen and oxygen atoms in total. The molecular formula is C12H16N2O3S2. The molecule has 1 saturated carbocycles. The standard InChI is InChI=1S/C12H16N2O3S2/c15-12(9-3-6-19(16,17)8-9)14(10-1-2-10)7-11-13-4-5-18-11/h4-5,9-10H,1-3,6-8H2/t9-/m1/s1. The summed E-state index contributed by atoms with van der Waals surface area (Å²) < 4.78 is 23.0. The van der Waals surface area contributed by atoms with Gasteiger partial charge in [-0.05, 0) is 19.3 Å². The van der Waals surface area contributed by atoms with Crippen molar-refractivity contribution in [1.82, 2.24) is 9.88 Å². The summed E-state index contributed by atoms with van der Waals surface area (Å²) in [6.07, 6.45) is 4.25.